The number of nitrogens with zero attached hydrogens (tertiary/aromatic N) is 3. The van der Waals surface area contributed by atoms with Crippen molar-refractivity contribution in [2.45, 2.75) is 13.8 Å². The number of piperazine rings is 1. The SMILES string of the molecule is Cc1cccc(C(=O)N2CCN(C(=O)c3ccc4nc(C)[nH]c4c3)CC2)c1. The summed E-state index contributed by atoms with van der Waals surface area (Å²) in [7, 11) is 0. The second kappa shape index (κ2) is 6.87. The molecule has 0 spiro atoms. The Kier molecular flexibility index (Phi) is 4.39. The maximum Gasteiger partial charge on any atom is 0.254 e. The fourth-order valence-electron chi connectivity index (χ4n) is 3.53. The molecule has 0 bridgehead atoms. The van der Waals surface area contributed by atoms with Gasteiger partial charge in [0.25, 0.3) is 11.8 Å². The summed E-state index contributed by atoms with van der Waals surface area (Å²) in [6, 6.07) is 13.2. The number of fused-ring (bicyclic) bond motifs is 1. The molecular formula is C21H22N4O2. The van der Waals surface area contributed by atoms with E-state index in [1.54, 1.807) is 0 Å². The van der Waals surface area contributed by atoms with Gasteiger partial charge in [0, 0.05) is 37.3 Å². The molecule has 0 unspecified atom stereocenters. The molecule has 1 saturated heterocycles. The van der Waals surface area contributed by atoms with Crippen LogP contribution in [0.4, 0.5) is 0 Å². The summed E-state index contributed by atoms with van der Waals surface area (Å²) in [5.74, 6) is 0.852. The molecule has 3 aromatic rings. The van der Waals surface area contributed by atoms with Gasteiger partial charge in [-0.25, -0.2) is 4.98 Å². The van der Waals surface area contributed by atoms with E-state index in [-0.39, 0.29) is 11.8 Å². The van der Waals surface area contributed by atoms with Crippen molar-refractivity contribution in [1.29, 1.82) is 0 Å². The lowest BCUT2D eigenvalue weighted by molar-refractivity contribution is 0.0535. The molecule has 0 saturated carbocycles. The zero-order chi connectivity index (χ0) is 19.0. The lowest BCUT2D eigenvalue weighted by Gasteiger charge is -2.35. The van der Waals surface area contributed by atoms with Crippen molar-refractivity contribution >= 4 is 22.8 Å². The van der Waals surface area contributed by atoms with Gasteiger partial charge in [0.1, 0.15) is 5.82 Å². The maximum atomic E-state index is 12.8. The molecule has 27 heavy (non-hydrogen) atoms. The zero-order valence-corrected chi connectivity index (χ0v) is 15.5. The van der Waals surface area contributed by atoms with Crippen molar-refractivity contribution in [2.24, 2.45) is 0 Å². The Labute approximate surface area is 157 Å². The van der Waals surface area contributed by atoms with Gasteiger partial charge < -0.3 is 14.8 Å². The quantitative estimate of drug-likeness (QED) is 0.762. The van der Waals surface area contributed by atoms with E-state index in [4.69, 9.17) is 0 Å². The molecule has 1 aromatic heterocycles. The van der Waals surface area contributed by atoms with Gasteiger partial charge in [-0.15, -0.1) is 0 Å². The third-order valence-corrected chi connectivity index (χ3v) is 4.97. The van der Waals surface area contributed by atoms with E-state index >= 15 is 0 Å². The highest BCUT2D eigenvalue weighted by molar-refractivity contribution is 5.98. The molecule has 138 valence electrons. The number of H-pyrrole nitrogens is 1. The number of amides is 2. The molecule has 0 radical (unpaired) electrons. The van der Waals surface area contributed by atoms with Crippen LogP contribution in [0.2, 0.25) is 0 Å². The second-order valence-electron chi connectivity index (χ2n) is 7.01. The molecule has 1 aliphatic rings. The van der Waals surface area contributed by atoms with Crippen LogP contribution >= 0.6 is 0 Å². The van der Waals surface area contributed by atoms with Crippen molar-refractivity contribution < 1.29 is 9.59 Å². The highest BCUT2D eigenvalue weighted by Crippen LogP contribution is 2.17. The summed E-state index contributed by atoms with van der Waals surface area (Å²) in [6.45, 7) is 6.04. The number of aromatic amines is 1. The predicted molar refractivity (Wildman–Crippen MR) is 104 cm³/mol. The number of rotatable bonds is 2. The highest BCUT2D eigenvalue weighted by atomic mass is 16.2. The van der Waals surface area contributed by atoms with E-state index in [0.29, 0.717) is 37.3 Å². The molecule has 2 aromatic carbocycles. The van der Waals surface area contributed by atoms with Crippen LogP contribution < -0.4 is 0 Å². The minimum Gasteiger partial charge on any atom is -0.342 e. The largest absolute Gasteiger partial charge is 0.342 e. The topological polar surface area (TPSA) is 69.3 Å². The van der Waals surface area contributed by atoms with Crippen molar-refractivity contribution in [2.75, 3.05) is 26.2 Å². The molecular weight excluding hydrogens is 340 g/mol. The average Bonchev–Trinajstić information content (AvgIpc) is 3.06. The van der Waals surface area contributed by atoms with Crippen LogP contribution in [-0.4, -0.2) is 57.8 Å². The van der Waals surface area contributed by atoms with Crippen LogP contribution in [0.3, 0.4) is 0 Å². The first-order chi connectivity index (χ1) is 13.0. The number of benzene rings is 2. The summed E-state index contributed by atoms with van der Waals surface area (Å²) in [4.78, 5) is 36.6. The Bertz CT molecular complexity index is 1020. The molecule has 1 fully saturated rings. The summed E-state index contributed by atoms with van der Waals surface area (Å²) in [6.07, 6.45) is 0. The maximum absolute atomic E-state index is 12.8. The second-order valence-corrected chi connectivity index (χ2v) is 7.01. The number of aryl methyl sites for hydroxylation is 2. The van der Waals surface area contributed by atoms with E-state index in [0.717, 1.165) is 22.4 Å². The number of imidazole rings is 1. The summed E-state index contributed by atoms with van der Waals surface area (Å²) in [5, 5.41) is 0. The smallest absolute Gasteiger partial charge is 0.254 e. The molecule has 2 heterocycles. The lowest BCUT2D eigenvalue weighted by atomic mass is 10.1. The fourth-order valence-corrected chi connectivity index (χ4v) is 3.53. The molecule has 0 atom stereocenters. The number of carbonyl (C=O) groups is 2. The van der Waals surface area contributed by atoms with Crippen molar-refractivity contribution in [3.8, 4) is 0 Å². The first-order valence-corrected chi connectivity index (χ1v) is 9.13. The molecule has 1 N–H and O–H groups in total. The fraction of sp³-hybridized carbons (Fsp3) is 0.286. The van der Waals surface area contributed by atoms with Crippen molar-refractivity contribution in [3.05, 3.63) is 65.0 Å². The number of nitrogens with one attached hydrogen (secondary N) is 1. The number of aromatic nitrogens is 2. The number of hydrogen-bond donors (Lipinski definition) is 1. The highest BCUT2D eigenvalue weighted by Gasteiger charge is 2.25. The number of hydrogen-bond acceptors (Lipinski definition) is 3. The van der Waals surface area contributed by atoms with E-state index < -0.39 is 0 Å². The Hall–Kier alpha value is -3.15. The first-order valence-electron chi connectivity index (χ1n) is 9.13. The lowest BCUT2D eigenvalue weighted by Crippen LogP contribution is -2.50. The first kappa shape index (κ1) is 17.3. The van der Waals surface area contributed by atoms with Gasteiger partial charge in [0.2, 0.25) is 0 Å². The minimum absolute atomic E-state index is 0.00759. The molecule has 6 nitrogen and oxygen atoms in total. The van der Waals surface area contributed by atoms with Gasteiger partial charge in [0.05, 0.1) is 11.0 Å². The van der Waals surface area contributed by atoms with Crippen molar-refractivity contribution in [1.82, 2.24) is 19.8 Å². The van der Waals surface area contributed by atoms with Gasteiger partial charge in [0.15, 0.2) is 0 Å². The van der Waals surface area contributed by atoms with Gasteiger partial charge in [-0.1, -0.05) is 17.7 Å². The molecule has 1 aliphatic heterocycles. The minimum atomic E-state index is -0.00759. The van der Waals surface area contributed by atoms with Gasteiger partial charge >= 0.3 is 0 Å². The standard InChI is InChI=1S/C21H22N4O2/c1-14-4-3-5-16(12-14)20(26)24-8-10-25(11-9-24)21(27)17-6-7-18-19(13-17)23-15(2)22-18/h3-7,12-13H,8-11H2,1-2H3,(H,22,23). The van der Waals surface area contributed by atoms with Crippen LogP contribution in [0, 0.1) is 13.8 Å². The van der Waals surface area contributed by atoms with Gasteiger partial charge in [-0.05, 0) is 44.2 Å². The summed E-state index contributed by atoms with van der Waals surface area (Å²) >= 11 is 0. The Morgan fingerprint density at radius 2 is 1.52 bits per heavy atom. The predicted octanol–water partition coefficient (Wildman–Crippen LogP) is 2.78. The summed E-state index contributed by atoms with van der Waals surface area (Å²) in [5.41, 5.74) is 4.14. The van der Waals surface area contributed by atoms with E-state index in [9.17, 15) is 9.59 Å². The van der Waals surface area contributed by atoms with E-state index in [1.165, 1.54) is 0 Å². The average molecular weight is 362 g/mol. The van der Waals surface area contributed by atoms with Gasteiger partial charge in [-0.2, -0.15) is 0 Å². The van der Waals surface area contributed by atoms with E-state index in [1.807, 2.05) is 66.1 Å². The van der Waals surface area contributed by atoms with Crippen LogP contribution in [0.25, 0.3) is 11.0 Å². The van der Waals surface area contributed by atoms with Crippen LogP contribution in [0.5, 0.6) is 0 Å². The Morgan fingerprint density at radius 3 is 2.15 bits per heavy atom. The third-order valence-electron chi connectivity index (χ3n) is 4.97. The Morgan fingerprint density at radius 1 is 0.889 bits per heavy atom. The van der Waals surface area contributed by atoms with Gasteiger partial charge in [-0.3, -0.25) is 9.59 Å². The zero-order valence-electron chi connectivity index (χ0n) is 15.5. The summed E-state index contributed by atoms with van der Waals surface area (Å²) < 4.78 is 0. The molecule has 2 amide bonds. The third kappa shape index (κ3) is 3.43. The van der Waals surface area contributed by atoms with Crippen LogP contribution in [0.15, 0.2) is 42.5 Å². The molecule has 0 aliphatic carbocycles. The van der Waals surface area contributed by atoms with E-state index in [2.05, 4.69) is 9.97 Å². The number of carbonyl (C=O) groups excluding carboxylic acids is 2. The van der Waals surface area contributed by atoms with Crippen LogP contribution in [0.1, 0.15) is 32.1 Å². The molecule has 4 rings (SSSR count). The van der Waals surface area contributed by atoms with Crippen LogP contribution in [-0.2, 0) is 0 Å². The van der Waals surface area contributed by atoms with Crippen molar-refractivity contribution in [3.63, 3.8) is 0 Å². The normalized spacial score (nSPS) is 14.6. The molecule has 6 heteroatoms. The monoisotopic (exact) mass is 362 g/mol. The Balaban J connectivity index is 1.43.